The van der Waals surface area contributed by atoms with E-state index < -0.39 is 0 Å². The Morgan fingerprint density at radius 3 is 2.83 bits per heavy atom. The number of rotatable bonds is 7. The lowest BCUT2D eigenvalue weighted by molar-refractivity contribution is 0.161. The fourth-order valence-corrected chi connectivity index (χ4v) is 3.80. The van der Waals surface area contributed by atoms with E-state index in [4.69, 9.17) is 14.0 Å². The standard InChI is InChI=1S/C21H28N4O4/c1-27-17-8-5-14(10-18(17)28-2)12-22-21(26)25-9-3-4-15(13-25)11-19-23-20(24-29-19)16-6-7-16/h5,8,10,15-16H,3-4,6-7,9,11-13H2,1-2H3,(H,22,26). The first-order valence-electron chi connectivity index (χ1n) is 10.2. The maximum atomic E-state index is 12.7. The second-order valence-corrected chi connectivity index (χ2v) is 7.83. The number of likely N-dealkylation sites (tertiary alicyclic amines) is 1. The van der Waals surface area contributed by atoms with Crippen molar-refractivity contribution in [2.45, 2.75) is 44.6 Å². The minimum atomic E-state index is -0.0475. The largest absolute Gasteiger partial charge is 0.493 e. The summed E-state index contributed by atoms with van der Waals surface area (Å²) in [5.41, 5.74) is 0.961. The van der Waals surface area contributed by atoms with Gasteiger partial charge in [0.25, 0.3) is 0 Å². The van der Waals surface area contributed by atoms with Gasteiger partial charge in [-0.25, -0.2) is 4.79 Å². The molecule has 0 radical (unpaired) electrons. The van der Waals surface area contributed by atoms with Crippen LogP contribution in [0.4, 0.5) is 4.79 Å². The van der Waals surface area contributed by atoms with E-state index in [0.717, 1.165) is 50.0 Å². The third kappa shape index (κ3) is 4.81. The first-order chi connectivity index (χ1) is 14.2. The molecule has 2 fully saturated rings. The molecule has 2 amide bonds. The molecule has 156 valence electrons. The van der Waals surface area contributed by atoms with Crippen LogP contribution in [0.25, 0.3) is 0 Å². The molecule has 1 aliphatic carbocycles. The topological polar surface area (TPSA) is 89.7 Å². The molecule has 1 aromatic carbocycles. The highest BCUT2D eigenvalue weighted by Crippen LogP contribution is 2.38. The number of carbonyl (C=O) groups excluding carboxylic acids is 1. The summed E-state index contributed by atoms with van der Waals surface area (Å²) in [5, 5.41) is 7.10. The highest BCUT2D eigenvalue weighted by molar-refractivity contribution is 5.74. The van der Waals surface area contributed by atoms with Crippen LogP contribution in [0.15, 0.2) is 22.7 Å². The molecule has 1 N–H and O–H groups in total. The maximum Gasteiger partial charge on any atom is 0.317 e. The molecule has 1 saturated heterocycles. The number of aromatic nitrogens is 2. The molecule has 1 aromatic heterocycles. The predicted octanol–water partition coefficient (Wildman–Crippen LogP) is 3.13. The normalized spacial score (nSPS) is 19.1. The van der Waals surface area contributed by atoms with Crippen molar-refractivity contribution >= 4 is 6.03 Å². The van der Waals surface area contributed by atoms with Crippen LogP contribution in [0.5, 0.6) is 11.5 Å². The van der Waals surface area contributed by atoms with E-state index in [1.54, 1.807) is 14.2 Å². The SMILES string of the molecule is COc1ccc(CNC(=O)N2CCCC(Cc3nc(C4CC4)no3)C2)cc1OC. The van der Waals surface area contributed by atoms with E-state index in [1.807, 2.05) is 23.1 Å². The van der Waals surface area contributed by atoms with Crippen molar-refractivity contribution in [3.05, 3.63) is 35.5 Å². The van der Waals surface area contributed by atoms with Crippen molar-refractivity contribution in [1.29, 1.82) is 0 Å². The molecule has 8 heteroatoms. The summed E-state index contributed by atoms with van der Waals surface area (Å²) < 4.78 is 16.0. The van der Waals surface area contributed by atoms with E-state index >= 15 is 0 Å². The Morgan fingerprint density at radius 2 is 2.07 bits per heavy atom. The van der Waals surface area contributed by atoms with Crippen LogP contribution in [0.3, 0.4) is 0 Å². The summed E-state index contributed by atoms with van der Waals surface area (Å²) in [6, 6.07) is 5.60. The number of urea groups is 1. The second-order valence-electron chi connectivity index (χ2n) is 7.83. The second kappa shape index (κ2) is 8.71. The molecule has 0 bridgehead atoms. The molecule has 1 aliphatic heterocycles. The van der Waals surface area contributed by atoms with Gasteiger partial charge in [0.1, 0.15) is 0 Å². The summed E-state index contributed by atoms with van der Waals surface area (Å²) in [6.45, 7) is 1.92. The molecule has 4 rings (SSSR count). The van der Waals surface area contributed by atoms with Gasteiger partial charge in [-0.1, -0.05) is 11.2 Å². The van der Waals surface area contributed by atoms with Crippen molar-refractivity contribution in [1.82, 2.24) is 20.4 Å². The molecule has 29 heavy (non-hydrogen) atoms. The van der Waals surface area contributed by atoms with Crippen molar-refractivity contribution in [2.24, 2.45) is 5.92 Å². The Kier molecular flexibility index (Phi) is 5.87. The zero-order valence-electron chi connectivity index (χ0n) is 17.0. The van der Waals surface area contributed by atoms with Crippen molar-refractivity contribution in [3.8, 4) is 11.5 Å². The molecule has 2 aliphatic rings. The van der Waals surface area contributed by atoms with Gasteiger partial charge in [0.05, 0.1) is 14.2 Å². The molecular formula is C21H28N4O4. The highest BCUT2D eigenvalue weighted by atomic mass is 16.5. The number of hydrogen-bond donors (Lipinski definition) is 1. The van der Waals surface area contributed by atoms with Gasteiger partial charge in [-0.05, 0) is 49.3 Å². The van der Waals surface area contributed by atoms with Gasteiger partial charge in [0, 0.05) is 32.0 Å². The fraction of sp³-hybridized carbons (Fsp3) is 0.571. The lowest BCUT2D eigenvalue weighted by Gasteiger charge is -2.32. The average molecular weight is 400 g/mol. The van der Waals surface area contributed by atoms with E-state index in [1.165, 1.54) is 0 Å². The maximum absolute atomic E-state index is 12.7. The number of ether oxygens (including phenoxy) is 2. The number of amides is 2. The number of nitrogens with zero attached hydrogens (tertiary/aromatic N) is 3. The van der Waals surface area contributed by atoms with Gasteiger partial charge in [0.2, 0.25) is 5.89 Å². The highest BCUT2D eigenvalue weighted by Gasteiger charge is 2.30. The average Bonchev–Trinajstić information content (AvgIpc) is 3.51. The zero-order valence-corrected chi connectivity index (χ0v) is 17.0. The van der Waals surface area contributed by atoms with Crippen LogP contribution in [-0.2, 0) is 13.0 Å². The quantitative estimate of drug-likeness (QED) is 0.768. The lowest BCUT2D eigenvalue weighted by Crippen LogP contribution is -2.45. The molecular weight excluding hydrogens is 372 g/mol. The first-order valence-corrected chi connectivity index (χ1v) is 10.2. The molecule has 2 heterocycles. The van der Waals surface area contributed by atoms with Crippen molar-refractivity contribution in [3.63, 3.8) is 0 Å². The van der Waals surface area contributed by atoms with E-state index in [9.17, 15) is 4.79 Å². The number of piperidine rings is 1. The Hall–Kier alpha value is -2.77. The molecule has 1 unspecified atom stereocenters. The van der Waals surface area contributed by atoms with E-state index in [-0.39, 0.29) is 6.03 Å². The van der Waals surface area contributed by atoms with Gasteiger partial charge in [0.15, 0.2) is 17.3 Å². The zero-order chi connectivity index (χ0) is 20.2. The third-order valence-electron chi connectivity index (χ3n) is 5.59. The van der Waals surface area contributed by atoms with Gasteiger partial charge in [-0.2, -0.15) is 4.98 Å². The van der Waals surface area contributed by atoms with Crippen LogP contribution < -0.4 is 14.8 Å². The summed E-state index contributed by atoms with van der Waals surface area (Å²) in [6.07, 6.45) is 5.12. The summed E-state index contributed by atoms with van der Waals surface area (Å²) >= 11 is 0. The van der Waals surface area contributed by atoms with Crippen LogP contribution in [0.2, 0.25) is 0 Å². The summed E-state index contributed by atoms with van der Waals surface area (Å²) in [4.78, 5) is 19.1. The van der Waals surface area contributed by atoms with Gasteiger partial charge >= 0.3 is 6.03 Å². The van der Waals surface area contributed by atoms with Gasteiger partial charge < -0.3 is 24.2 Å². The third-order valence-corrected chi connectivity index (χ3v) is 5.59. The molecule has 1 atom stereocenters. The number of nitrogens with one attached hydrogen (secondary N) is 1. The Labute approximate surface area is 170 Å². The molecule has 2 aromatic rings. The van der Waals surface area contributed by atoms with E-state index in [0.29, 0.717) is 42.3 Å². The van der Waals surface area contributed by atoms with Crippen LogP contribution in [0, 0.1) is 5.92 Å². The number of hydrogen-bond acceptors (Lipinski definition) is 6. The fourth-order valence-electron chi connectivity index (χ4n) is 3.80. The number of benzene rings is 1. The first kappa shape index (κ1) is 19.5. The minimum absolute atomic E-state index is 0.0475. The predicted molar refractivity (Wildman–Crippen MR) is 106 cm³/mol. The van der Waals surface area contributed by atoms with Crippen LogP contribution >= 0.6 is 0 Å². The van der Waals surface area contributed by atoms with Crippen LogP contribution in [0.1, 0.15) is 48.9 Å². The van der Waals surface area contributed by atoms with Crippen molar-refractivity contribution in [2.75, 3.05) is 27.3 Å². The molecule has 8 nitrogen and oxygen atoms in total. The Bertz CT molecular complexity index is 849. The minimum Gasteiger partial charge on any atom is -0.493 e. The van der Waals surface area contributed by atoms with Crippen LogP contribution in [-0.4, -0.2) is 48.4 Å². The molecule has 0 spiro atoms. The Morgan fingerprint density at radius 1 is 1.24 bits per heavy atom. The van der Waals surface area contributed by atoms with Crippen molar-refractivity contribution < 1.29 is 18.8 Å². The summed E-state index contributed by atoms with van der Waals surface area (Å²) in [7, 11) is 3.21. The number of carbonyl (C=O) groups is 1. The Balaban J connectivity index is 1.29. The number of methoxy groups -OCH3 is 2. The van der Waals surface area contributed by atoms with Gasteiger partial charge in [-0.15, -0.1) is 0 Å². The smallest absolute Gasteiger partial charge is 0.317 e. The lowest BCUT2D eigenvalue weighted by atomic mass is 9.95. The van der Waals surface area contributed by atoms with E-state index in [2.05, 4.69) is 15.5 Å². The molecule has 1 saturated carbocycles. The van der Waals surface area contributed by atoms with Gasteiger partial charge in [-0.3, -0.25) is 0 Å². The monoisotopic (exact) mass is 400 g/mol. The summed E-state index contributed by atoms with van der Waals surface area (Å²) in [5.74, 6) is 3.72.